The summed E-state index contributed by atoms with van der Waals surface area (Å²) in [4.78, 5) is 0. The number of hydrogen-bond acceptors (Lipinski definition) is 0. The summed E-state index contributed by atoms with van der Waals surface area (Å²) in [5.41, 5.74) is 18.1. The average Bonchev–Trinajstić information content (AvgIpc) is 3.65. The molecule has 0 aliphatic heterocycles. The predicted octanol–water partition coefficient (Wildman–Crippen LogP) is 6.50. The van der Waals surface area contributed by atoms with Gasteiger partial charge in [-0.1, -0.05) is 0 Å². The molecule has 0 N–H and O–H groups in total. The van der Waals surface area contributed by atoms with Gasteiger partial charge in [-0.2, -0.15) is 0 Å². The van der Waals surface area contributed by atoms with Crippen molar-refractivity contribution >= 4 is 33.7 Å². The molecule has 0 radical (unpaired) electrons. The predicted molar refractivity (Wildman–Crippen MR) is 209 cm³/mol. The molecule has 4 aliphatic rings. The van der Waals surface area contributed by atoms with Crippen LogP contribution in [0.15, 0.2) is 99.0 Å². The third-order valence-corrected chi connectivity index (χ3v) is 22.2. The zero-order chi connectivity index (χ0) is 34.1. The third-order valence-electron chi connectivity index (χ3n) is 11.9. The average molecular weight is 793 g/mol. The summed E-state index contributed by atoms with van der Waals surface area (Å²) in [6.07, 6.45) is 7.68. The van der Waals surface area contributed by atoms with Crippen molar-refractivity contribution in [2.75, 3.05) is 0 Å². The van der Waals surface area contributed by atoms with Crippen LogP contribution in [0.4, 0.5) is 0 Å². The van der Waals surface area contributed by atoms with E-state index in [1.54, 1.807) is 21.9 Å². The molecule has 0 saturated heterocycles. The molecule has 4 aromatic rings. The van der Waals surface area contributed by atoms with E-state index in [9.17, 15) is 0 Å². The van der Waals surface area contributed by atoms with E-state index < -0.39 is 29.3 Å². The van der Waals surface area contributed by atoms with Gasteiger partial charge in [-0.05, 0) is 0 Å². The molecule has 0 fully saturated rings. The molecule has 4 aliphatic carbocycles. The van der Waals surface area contributed by atoms with Gasteiger partial charge in [0.05, 0.1) is 0 Å². The van der Waals surface area contributed by atoms with Gasteiger partial charge in [0, 0.05) is 0 Å². The number of fused-ring (bicyclic) bond motifs is 6. The van der Waals surface area contributed by atoms with E-state index in [0.29, 0.717) is 9.54 Å². The summed E-state index contributed by atoms with van der Waals surface area (Å²) in [7, 11) is -1.51. The van der Waals surface area contributed by atoms with Gasteiger partial charge in [0.25, 0.3) is 0 Å². The Labute approximate surface area is 321 Å². The Bertz CT molecular complexity index is 2180. The largest absolute Gasteiger partial charge is 1.00 e. The Kier molecular flexibility index (Phi) is 9.47. The number of halogens is 2. The van der Waals surface area contributed by atoms with Crippen molar-refractivity contribution in [1.29, 1.82) is 0 Å². The number of hydrogen-bond donors (Lipinski definition) is 0. The normalized spacial score (nSPS) is 19.7. The quantitative estimate of drug-likeness (QED) is 0.207. The maximum atomic E-state index is 2.87. The summed E-state index contributed by atoms with van der Waals surface area (Å²) in [6.45, 7) is 26.9. The van der Waals surface area contributed by atoms with Crippen molar-refractivity contribution < 1.29 is 46.1 Å². The van der Waals surface area contributed by atoms with Gasteiger partial charge < -0.3 is 24.8 Å². The van der Waals surface area contributed by atoms with Gasteiger partial charge in [0.2, 0.25) is 0 Å². The van der Waals surface area contributed by atoms with Crippen LogP contribution < -0.4 is 24.8 Å². The van der Waals surface area contributed by atoms with Crippen LogP contribution >= 0.6 is 0 Å². The number of rotatable bonds is 4. The van der Waals surface area contributed by atoms with Crippen LogP contribution in [-0.4, -0.2) is 11.8 Å². The van der Waals surface area contributed by atoms with Crippen LogP contribution in [0.2, 0.25) is 19.6 Å². The fourth-order valence-corrected chi connectivity index (χ4v) is 20.9. The second kappa shape index (κ2) is 12.7. The second-order valence-electron chi connectivity index (χ2n) is 17.3. The first-order chi connectivity index (χ1) is 22.6. The zero-order valence-electron chi connectivity index (χ0n) is 31.6. The van der Waals surface area contributed by atoms with Gasteiger partial charge in [0.15, 0.2) is 0 Å². The number of benzene rings is 4. The molecule has 0 aromatic heterocycles. The SMILES string of the molecule is CC1=CC(C)(C)c2cc3c(cc21)-c1cc2c(cc1[CH]3/[Zr+2](=[CH]/c1cccc3ccccc13)[C]1=C(C)C([Si](C)(C)C)=CC1C)C(C)(C)C=C2C.[Cl-].[Cl-]. The first-order valence-corrected chi connectivity index (χ1v) is 25.5. The van der Waals surface area contributed by atoms with Crippen LogP contribution in [0.25, 0.3) is 33.0 Å². The van der Waals surface area contributed by atoms with Gasteiger partial charge >= 0.3 is 299 Å². The molecular weight excluding hydrogens is 743 g/mol. The van der Waals surface area contributed by atoms with E-state index in [1.165, 1.54) is 60.9 Å². The topological polar surface area (TPSA) is 0 Å². The third kappa shape index (κ3) is 5.67. The molecule has 0 bridgehead atoms. The maximum absolute atomic E-state index is 2.87. The summed E-state index contributed by atoms with van der Waals surface area (Å²) < 4.78 is 5.12. The summed E-state index contributed by atoms with van der Waals surface area (Å²) in [5, 5.41) is 4.43. The van der Waals surface area contributed by atoms with Crippen molar-refractivity contribution in [3.63, 3.8) is 0 Å². The first-order valence-electron chi connectivity index (χ1n) is 18.0. The van der Waals surface area contributed by atoms with Crippen molar-refractivity contribution in [2.24, 2.45) is 5.92 Å². The Morgan fingerprint density at radius 2 is 1.20 bits per heavy atom. The van der Waals surface area contributed by atoms with Crippen LogP contribution in [-0.2, 0) is 32.1 Å². The first kappa shape index (κ1) is 37.4. The molecule has 0 heterocycles. The van der Waals surface area contributed by atoms with E-state index >= 15 is 0 Å². The van der Waals surface area contributed by atoms with Crippen molar-refractivity contribution in [3.8, 4) is 11.1 Å². The van der Waals surface area contributed by atoms with Gasteiger partial charge in [-0.3, -0.25) is 0 Å². The molecule has 1 atom stereocenters. The Morgan fingerprint density at radius 1 is 0.680 bits per heavy atom. The molecule has 50 heavy (non-hydrogen) atoms. The standard InChI is InChI=1S/C25H25.C11H8.C10H17Si.2ClH.Zr/c1-14-12-24(3,4)22-8-16-7-17-9-23-19(15(2)13-25(23,5)6)11-21(17)20(16)10-18(14)22;1-9-5-4-7-10-6-2-3-8-11(9)10;1-8-6-9(2)10(7-8)11(3,4)5;;;/h7-13H,1-6H3;1-8H;7-8H,1-5H3;2*1H;/q;;;;;+2/p-2. The van der Waals surface area contributed by atoms with Crippen molar-refractivity contribution in [2.45, 2.75) is 89.5 Å². The van der Waals surface area contributed by atoms with Crippen molar-refractivity contribution in [1.82, 2.24) is 0 Å². The van der Waals surface area contributed by atoms with E-state index in [0.717, 1.165) is 0 Å². The Hall–Kier alpha value is -2.35. The molecule has 0 amide bonds. The maximum Gasteiger partial charge on any atom is -1.00 e. The van der Waals surface area contributed by atoms with Gasteiger partial charge in [-0.25, -0.2) is 0 Å². The minimum Gasteiger partial charge on any atom is -1.00 e. The molecule has 0 spiro atoms. The number of allylic oxidation sites excluding steroid dienone is 8. The second-order valence-corrected chi connectivity index (χ2v) is 28.1. The fourth-order valence-electron chi connectivity index (χ4n) is 9.89. The minimum absolute atomic E-state index is 0. The molecule has 4 aromatic carbocycles. The smallest absolute Gasteiger partial charge is 1.00 e. The Morgan fingerprint density at radius 3 is 1.72 bits per heavy atom. The molecule has 8 rings (SSSR count). The van der Waals surface area contributed by atoms with E-state index in [2.05, 4.69) is 164 Å². The molecule has 256 valence electrons. The Balaban J connectivity index is 0.00000216. The minimum atomic E-state index is -2.72. The molecule has 1 unspecified atom stereocenters. The van der Waals surface area contributed by atoms with Crippen LogP contribution in [0.5, 0.6) is 0 Å². The van der Waals surface area contributed by atoms with E-state index in [-0.39, 0.29) is 35.6 Å². The van der Waals surface area contributed by atoms with Crippen LogP contribution in [0.1, 0.15) is 98.0 Å². The van der Waals surface area contributed by atoms with Crippen LogP contribution in [0, 0.1) is 5.92 Å². The van der Waals surface area contributed by atoms with Crippen LogP contribution in [0.3, 0.4) is 0 Å². The summed E-state index contributed by atoms with van der Waals surface area (Å²) >= 11 is -2.72. The zero-order valence-corrected chi connectivity index (χ0v) is 36.5. The monoisotopic (exact) mass is 790 g/mol. The summed E-state index contributed by atoms with van der Waals surface area (Å²) in [6, 6.07) is 26.6. The van der Waals surface area contributed by atoms with Gasteiger partial charge in [-0.15, -0.1) is 0 Å². The van der Waals surface area contributed by atoms with Crippen molar-refractivity contribution in [3.05, 3.63) is 138 Å². The van der Waals surface area contributed by atoms with E-state index in [4.69, 9.17) is 0 Å². The van der Waals surface area contributed by atoms with Gasteiger partial charge in [0.1, 0.15) is 0 Å². The summed E-state index contributed by atoms with van der Waals surface area (Å²) in [5.74, 6) is 0.490. The van der Waals surface area contributed by atoms with E-state index in [1.807, 2.05) is 3.28 Å². The molecular formula is C46H50Cl2SiZr. The molecule has 4 heteroatoms. The molecule has 0 saturated carbocycles. The fraction of sp³-hybridized carbons (Fsp3) is 0.326. The molecule has 0 nitrogen and oxygen atoms in total.